The van der Waals surface area contributed by atoms with Gasteiger partial charge in [-0.15, -0.1) is 0 Å². The van der Waals surface area contributed by atoms with E-state index < -0.39 is 0 Å². The van der Waals surface area contributed by atoms with E-state index in [9.17, 15) is 9.59 Å². The lowest BCUT2D eigenvalue weighted by molar-refractivity contribution is -0.148. The number of esters is 1. The minimum Gasteiger partial charge on any atom is -0.488 e. The summed E-state index contributed by atoms with van der Waals surface area (Å²) in [5, 5.41) is 0.608. The van der Waals surface area contributed by atoms with Crippen LogP contribution in [0.15, 0.2) is 23.8 Å². The van der Waals surface area contributed by atoms with Crippen LogP contribution in [0.5, 0.6) is 5.75 Å². The minimum atomic E-state index is -0.194. The molecule has 2 aliphatic rings. The molecule has 0 aromatic heterocycles. The SMILES string of the molecule is COC(=O)C1CCN(C(=O)C2=Cc3cc(Cl)ccc3OC2)CC1. The van der Waals surface area contributed by atoms with E-state index in [1.54, 1.807) is 23.1 Å². The summed E-state index contributed by atoms with van der Waals surface area (Å²) in [7, 11) is 1.40. The summed E-state index contributed by atoms with van der Waals surface area (Å²) in [4.78, 5) is 25.9. The number of amides is 1. The van der Waals surface area contributed by atoms with E-state index in [4.69, 9.17) is 21.1 Å². The number of piperidine rings is 1. The first-order valence-corrected chi connectivity index (χ1v) is 7.96. The zero-order chi connectivity index (χ0) is 16.4. The molecule has 122 valence electrons. The van der Waals surface area contributed by atoms with Gasteiger partial charge in [-0.2, -0.15) is 0 Å². The van der Waals surface area contributed by atoms with Crippen LogP contribution in [0.3, 0.4) is 0 Å². The summed E-state index contributed by atoms with van der Waals surface area (Å²) >= 11 is 5.99. The third kappa shape index (κ3) is 3.34. The number of hydrogen-bond acceptors (Lipinski definition) is 4. The van der Waals surface area contributed by atoms with E-state index in [2.05, 4.69) is 0 Å². The monoisotopic (exact) mass is 335 g/mol. The van der Waals surface area contributed by atoms with Gasteiger partial charge in [0.25, 0.3) is 5.91 Å². The normalized spacial score (nSPS) is 17.8. The van der Waals surface area contributed by atoms with Crippen LogP contribution in [0.4, 0.5) is 0 Å². The van der Waals surface area contributed by atoms with E-state index in [0.717, 1.165) is 11.3 Å². The van der Waals surface area contributed by atoms with Gasteiger partial charge in [-0.25, -0.2) is 0 Å². The molecule has 23 heavy (non-hydrogen) atoms. The molecule has 5 nitrogen and oxygen atoms in total. The number of halogens is 1. The topological polar surface area (TPSA) is 55.8 Å². The highest BCUT2D eigenvalue weighted by Crippen LogP contribution is 2.30. The molecule has 1 saturated heterocycles. The molecule has 1 aromatic carbocycles. The van der Waals surface area contributed by atoms with E-state index in [1.165, 1.54) is 7.11 Å². The molecular weight excluding hydrogens is 318 g/mol. The third-order valence-electron chi connectivity index (χ3n) is 4.28. The molecular formula is C17H18ClNO4. The van der Waals surface area contributed by atoms with Gasteiger partial charge in [-0.1, -0.05) is 11.6 Å². The maximum Gasteiger partial charge on any atom is 0.308 e. The van der Waals surface area contributed by atoms with E-state index in [1.807, 2.05) is 6.08 Å². The number of carbonyl (C=O) groups excluding carboxylic acids is 2. The van der Waals surface area contributed by atoms with Crippen LogP contribution in [0, 0.1) is 5.92 Å². The molecule has 1 amide bonds. The van der Waals surface area contributed by atoms with Crippen molar-refractivity contribution in [3.05, 3.63) is 34.4 Å². The minimum absolute atomic E-state index is 0.0426. The van der Waals surface area contributed by atoms with E-state index >= 15 is 0 Å². The second-order valence-electron chi connectivity index (χ2n) is 5.73. The van der Waals surface area contributed by atoms with Crippen molar-refractivity contribution in [2.45, 2.75) is 12.8 Å². The Morgan fingerprint density at radius 3 is 2.74 bits per heavy atom. The Morgan fingerprint density at radius 1 is 1.30 bits per heavy atom. The Labute approximate surface area is 139 Å². The average molecular weight is 336 g/mol. The largest absolute Gasteiger partial charge is 0.488 e. The van der Waals surface area contributed by atoms with Crippen LogP contribution < -0.4 is 4.74 Å². The molecule has 1 aromatic rings. The molecule has 0 saturated carbocycles. The number of fused-ring (bicyclic) bond motifs is 1. The van der Waals surface area contributed by atoms with Gasteiger partial charge in [0, 0.05) is 23.7 Å². The Bertz CT molecular complexity index is 663. The summed E-state index contributed by atoms with van der Waals surface area (Å²) in [5.74, 6) is 0.385. The third-order valence-corrected chi connectivity index (χ3v) is 4.51. The number of rotatable bonds is 2. The van der Waals surface area contributed by atoms with Crippen LogP contribution in [0.1, 0.15) is 18.4 Å². The molecule has 0 atom stereocenters. The van der Waals surface area contributed by atoms with Crippen molar-refractivity contribution >= 4 is 29.6 Å². The average Bonchev–Trinajstić information content (AvgIpc) is 2.59. The molecule has 2 heterocycles. The Hall–Kier alpha value is -2.01. The fourth-order valence-electron chi connectivity index (χ4n) is 2.96. The zero-order valence-electron chi connectivity index (χ0n) is 12.9. The van der Waals surface area contributed by atoms with Crippen LogP contribution in [-0.2, 0) is 14.3 Å². The lowest BCUT2D eigenvalue weighted by atomic mass is 9.96. The summed E-state index contributed by atoms with van der Waals surface area (Å²) in [6.07, 6.45) is 3.10. The standard InChI is InChI=1S/C17H18ClNO4/c1-22-17(21)11-4-6-19(7-5-11)16(20)13-8-12-9-14(18)2-3-15(12)23-10-13/h2-3,8-9,11H,4-7,10H2,1H3. The molecule has 0 unspecified atom stereocenters. The highest BCUT2D eigenvalue weighted by Gasteiger charge is 2.30. The first-order chi connectivity index (χ1) is 11.1. The predicted octanol–water partition coefficient (Wildman–Crippen LogP) is 2.53. The fraction of sp³-hybridized carbons (Fsp3) is 0.412. The first-order valence-electron chi connectivity index (χ1n) is 7.58. The maximum absolute atomic E-state index is 12.6. The highest BCUT2D eigenvalue weighted by atomic mass is 35.5. The van der Waals surface area contributed by atoms with Crippen molar-refractivity contribution in [3.8, 4) is 5.75 Å². The van der Waals surface area contributed by atoms with Crippen molar-refractivity contribution < 1.29 is 19.1 Å². The number of likely N-dealkylation sites (tertiary alicyclic amines) is 1. The lowest BCUT2D eigenvalue weighted by Gasteiger charge is -2.32. The molecule has 0 radical (unpaired) electrons. The van der Waals surface area contributed by atoms with Gasteiger partial charge in [0.2, 0.25) is 0 Å². The molecule has 1 fully saturated rings. The van der Waals surface area contributed by atoms with Gasteiger partial charge in [-0.05, 0) is 37.1 Å². The van der Waals surface area contributed by atoms with Crippen LogP contribution >= 0.6 is 11.6 Å². The Morgan fingerprint density at radius 2 is 2.04 bits per heavy atom. The number of methoxy groups -OCH3 is 1. The number of carbonyl (C=O) groups is 2. The lowest BCUT2D eigenvalue weighted by Crippen LogP contribution is -2.42. The molecule has 0 spiro atoms. The molecule has 0 N–H and O–H groups in total. The van der Waals surface area contributed by atoms with Crippen LogP contribution in [0.25, 0.3) is 6.08 Å². The van der Waals surface area contributed by atoms with Crippen molar-refractivity contribution in [3.63, 3.8) is 0 Å². The second-order valence-corrected chi connectivity index (χ2v) is 6.17. The number of nitrogens with zero attached hydrogens (tertiary/aromatic N) is 1. The molecule has 0 aliphatic carbocycles. The summed E-state index contributed by atoms with van der Waals surface area (Å²) in [6.45, 7) is 1.36. The predicted molar refractivity (Wildman–Crippen MR) is 86.2 cm³/mol. The second kappa shape index (κ2) is 6.62. The first kappa shape index (κ1) is 15.9. The fourth-order valence-corrected chi connectivity index (χ4v) is 3.14. The van der Waals surface area contributed by atoms with Gasteiger partial charge in [-0.3, -0.25) is 9.59 Å². The van der Waals surface area contributed by atoms with Gasteiger partial charge in [0.1, 0.15) is 12.4 Å². The quantitative estimate of drug-likeness (QED) is 0.779. The number of hydrogen-bond donors (Lipinski definition) is 0. The Balaban J connectivity index is 1.69. The molecule has 2 aliphatic heterocycles. The Kier molecular flexibility index (Phi) is 4.57. The van der Waals surface area contributed by atoms with Crippen molar-refractivity contribution in [1.82, 2.24) is 4.90 Å². The molecule has 3 rings (SSSR count). The van der Waals surface area contributed by atoms with Crippen molar-refractivity contribution in [1.29, 1.82) is 0 Å². The highest BCUT2D eigenvalue weighted by molar-refractivity contribution is 6.30. The summed E-state index contributed by atoms with van der Waals surface area (Å²) < 4.78 is 10.4. The van der Waals surface area contributed by atoms with Gasteiger partial charge >= 0.3 is 5.97 Å². The smallest absolute Gasteiger partial charge is 0.308 e. The van der Waals surface area contributed by atoms with E-state index in [-0.39, 0.29) is 24.4 Å². The van der Waals surface area contributed by atoms with Crippen LogP contribution in [-0.4, -0.2) is 43.6 Å². The maximum atomic E-state index is 12.6. The van der Waals surface area contributed by atoms with Crippen molar-refractivity contribution in [2.75, 3.05) is 26.8 Å². The number of ether oxygens (including phenoxy) is 2. The zero-order valence-corrected chi connectivity index (χ0v) is 13.6. The van der Waals surface area contributed by atoms with Crippen LogP contribution in [0.2, 0.25) is 5.02 Å². The molecule has 0 bridgehead atoms. The molecule has 6 heteroatoms. The van der Waals surface area contributed by atoms with Gasteiger partial charge in [0.05, 0.1) is 18.6 Å². The van der Waals surface area contributed by atoms with E-state index in [0.29, 0.717) is 36.5 Å². The van der Waals surface area contributed by atoms with Gasteiger partial charge < -0.3 is 14.4 Å². The summed E-state index contributed by atoms with van der Waals surface area (Å²) in [5.41, 5.74) is 1.42. The number of benzene rings is 1. The van der Waals surface area contributed by atoms with Crippen molar-refractivity contribution in [2.24, 2.45) is 5.92 Å². The van der Waals surface area contributed by atoms with Gasteiger partial charge in [0.15, 0.2) is 0 Å². The summed E-state index contributed by atoms with van der Waals surface area (Å²) in [6, 6.07) is 5.35.